The summed E-state index contributed by atoms with van der Waals surface area (Å²) >= 11 is 6.58. The highest BCUT2D eigenvalue weighted by atomic mass is 79.9. The predicted octanol–water partition coefficient (Wildman–Crippen LogP) is 4.19. The number of nitrogens with one attached hydrogen (secondary N) is 1. The Kier molecular flexibility index (Phi) is 4.71. The van der Waals surface area contributed by atoms with Crippen molar-refractivity contribution in [3.8, 4) is 6.07 Å². The summed E-state index contributed by atoms with van der Waals surface area (Å²) in [5, 5.41) is 9.02. The van der Waals surface area contributed by atoms with Gasteiger partial charge in [0.05, 0.1) is 11.3 Å². The van der Waals surface area contributed by atoms with Crippen molar-refractivity contribution in [3.63, 3.8) is 0 Å². The summed E-state index contributed by atoms with van der Waals surface area (Å²) in [5.41, 5.74) is 1.44. The van der Waals surface area contributed by atoms with E-state index < -0.39 is 10.0 Å². The van der Waals surface area contributed by atoms with Crippen molar-refractivity contribution in [3.05, 3.63) is 56.5 Å². The smallest absolute Gasteiger partial charge is 0.263 e. The van der Waals surface area contributed by atoms with Crippen LogP contribution in [0.4, 0.5) is 5.69 Å². The largest absolute Gasteiger partial charge is 0.278 e. The normalized spacial score (nSPS) is 11.0. The number of nitrogens with zero attached hydrogens (tertiary/aromatic N) is 1. The van der Waals surface area contributed by atoms with E-state index in [-0.39, 0.29) is 16.1 Å². The minimum atomic E-state index is -3.79. The van der Waals surface area contributed by atoms with Crippen LogP contribution in [0.2, 0.25) is 0 Å². The van der Waals surface area contributed by atoms with E-state index in [4.69, 9.17) is 5.26 Å². The van der Waals surface area contributed by atoms with E-state index in [0.29, 0.717) is 8.95 Å². The monoisotopic (exact) mass is 428 g/mol. The first-order chi connectivity index (χ1) is 9.85. The van der Waals surface area contributed by atoms with Crippen LogP contribution in [0.5, 0.6) is 0 Å². The molecule has 0 aliphatic rings. The molecule has 0 spiro atoms. The SMILES string of the molecule is Cc1cc(Br)c(S(=O)(=O)Nc2ccccc2C#N)cc1Br. The van der Waals surface area contributed by atoms with Gasteiger partial charge in [-0.25, -0.2) is 8.42 Å². The summed E-state index contributed by atoms with van der Waals surface area (Å²) in [6, 6.07) is 11.6. The van der Waals surface area contributed by atoms with Crippen LogP contribution < -0.4 is 4.72 Å². The summed E-state index contributed by atoms with van der Waals surface area (Å²) < 4.78 is 28.6. The lowest BCUT2D eigenvalue weighted by Crippen LogP contribution is -2.14. The fraction of sp³-hybridized carbons (Fsp3) is 0.0714. The van der Waals surface area contributed by atoms with E-state index >= 15 is 0 Å². The highest BCUT2D eigenvalue weighted by molar-refractivity contribution is 9.11. The molecule has 7 heteroatoms. The van der Waals surface area contributed by atoms with Gasteiger partial charge in [-0.1, -0.05) is 28.1 Å². The van der Waals surface area contributed by atoms with Gasteiger partial charge < -0.3 is 0 Å². The summed E-state index contributed by atoms with van der Waals surface area (Å²) in [5.74, 6) is 0. The quantitative estimate of drug-likeness (QED) is 0.794. The zero-order valence-corrected chi connectivity index (χ0v) is 14.9. The molecule has 0 unspecified atom stereocenters. The molecule has 0 heterocycles. The Balaban J connectivity index is 2.49. The third-order valence-electron chi connectivity index (χ3n) is 2.79. The van der Waals surface area contributed by atoms with Gasteiger partial charge in [-0.3, -0.25) is 4.72 Å². The number of hydrogen-bond acceptors (Lipinski definition) is 3. The number of benzene rings is 2. The molecule has 0 saturated carbocycles. The highest BCUT2D eigenvalue weighted by Gasteiger charge is 2.20. The minimum absolute atomic E-state index is 0.104. The standard InChI is InChI=1S/C14H10Br2N2O2S/c1-9-6-12(16)14(7-11(9)15)21(19,20)18-13-5-3-2-4-10(13)8-17/h2-7,18H,1H3. The molecule has 0 amide bonds. The first-order valence-corrected chi connectivity index (χ1v) is 8.89. The van der Waals surface area contributed by atoms with Crippen molar-refractivity contribution in [1.82, 2.24) is 0 Å². The molecule has 0 radical (unpaired) electrons. The van der Waals surface area contributed by atoms with Gasteiger partial charge >= 0.3 is 0 Å². The topological polar surface area (TPSA) is 70.0 Å². The van der Waals surface area contributed by atoms with Crippen LogP contribution in [0, 0.1) is 18.3 Å². The van der Waals surface area contributed by atoms with Crippen LogP contribution >= 0.6 is 31.9 Å². The van der Waals surface area contributed by atoms with Crippen molar-refractivity contribution >= 4 is 47.6 Å². The maximum atomic E-state index is 12.5. The van der Waals surface area contributed by atoms with Gasteiger partial charge in [-0.2, -0.15) is 5.26 Å². The van der Waals surface area contributed by atoms with Crippen LogP contribution in [-0.4, -0.2) is 8.42 Å². The Bertz CT molecular complexity index is 843. The molecule has 108 valence electrons. The van der Waals surface area contributed by atoms with Crippen molar-refractivity contribution in [1.29, 1.82) is 5.26 Å². The fourth-order valence-corrected chi connectivity index (χ4v) is 4.46. The second-order valence-corrected chi connectivity index (χ2v) is 7.65. The summed E-state index contributed by atoms with van der Waals surface area (Å²) in [4.78, 5) is 0.104. The van der Waals surface area contributed by atoms with Gasteiger partial charge in [0.1, 0.15) is 11.0 Å². The molecule has 0 fully saturated rings. The zero-order chi connectivity index (χ0) is 15.6. The van der Waals surface area contributed by atoms with E-state index in [9.17, 15) is 8.42 Å². The van der Waals surface area contributed by atoms with E-state index in [1.165, 1.54) is 6.07 Å². The van der Waals surface area contributed by atoms with Gasteiger partial charge in [-0.15, -0.1) is 0 Å². The number of hydrogen-bond donors (Lipinski definition) is 1. The molecule has 2 aromatic rings. The van der Waals surface area contributed by atoms with Gasteiger partial charge in [0.2, 0.25) is 0 Å². The van der Waals surface area contributed by atoms with Crippen molar-refractivity contribution in [2.45, 2.75) is 11.8 Å². The van der Waals surface area contributed by atoms with Crippen molar-refractivity contribution in [2.24, 2.45) is 0 Å². The van der Waals surface area contributed by atoms with Crippen LogP contribution in [0.3, 0.4) is 0 Å². The molecule has 2 rings (SSSR count). The van der Waals surface area contributed by atoms with Crippen LogP contribution in [-0.2, 0) is 10.0 Å². The van der Waals surface area contributed by atoms with E-state index in [2.05, 4.69) is 36.6 Å². The molecule has 0 aliphatic heterocycles. The minimum Gasteiger partial charge on any atom is -0.278 e. The molecule has 0 aromatic heterocycles. The van der Waals surface area contributed by atoms with Crippen LogP contribution in [0.1, 0.15) is 11.1 Å². The van der Waals surface area contributed by atoms with Gasteiger partial charge in [0.15, 0.2) is 0 Å². The summed E-state index contributed by atoms with van der Waals surface area (Å²) in [6.07, 6.45) is 0. The number of sulfonamides is 1. The molecule has 1 N–H and O–H groups in total. The number of anilines is 1. The molecule has 0 aliphatic carbocycles. The van der Waals surface area contributed by atoms with E-state index in [1.54, 1.807) is 30.3 Å². The third kappa shape index (κ3) is 3.46. The average Bonchev–Trinajstić information content (AvgIpc) is 2.43. The Morgan fingerprint density at radius 2 is 1.81 bits per heavy atom. The molecular weight excluding hydrogens is 420 g/mol. The summed E-state index contributed by atoms with van der Waals surface area (Å²) in [7, 11) is -3.79. The first kappa shape index (κ1) is 16.0. The van der Waals surface area contributed by atoms with E-state index in [0.717, 1.165) is 5.56 Å². The number of halogens is 2. The second kappa shape index (κ2) is 6.18. The van der Waals surface area contributed by atoms with Gasteiger partial charge in [0.25, 0.3) is 10.0 Å². The zero-order valence-electron chi connectivity index (χ0n) is 10.9. The third-order valence-corrected chi connectivity index (χ3v) is 5.97. The number of para-hydroxylation sites is 1. The average molecular weight is 430 g/mol. The Morgan fingerprint density at radius 1 is 1.14 bits per heavy atom. The number of nitriles is 1. The molecule has 4 nitrogen and oxygen atoms in total. The predicted molar refractivity (Wildman–Crippen MR) is 88.5 cm³/mol. The maximum Gasteiger partial charge on any atom is 0.263 e. The van der Waals surface area contributed by atoms with Crippen LogP contribution in [0.15, 0.2) is 50.2 Å². The first-order valence-electron chi connectivity index (χ1n) is 5.83. The molecule has 0 saturated heterocycles. The molecule has 2 aromatic carbocycles. The molecule has 21 heavy (non-hydrogen) atoms. The maximum absolute atomic E-state index is 12.5. The van der Waals surface area contributed by atoms with Crippen molar-refractivity contribution in [2.75, 3.05) is 4.72 Å². The lowest BCUT2D eigenvalue weighted by atomic mass is 10.2. The lowest BCUT2D eigenvalue weighted by molar-refractivity contribution is 0.600. The fourth-order valence-electron chi connectivity index (χ4n) is 1.70. The number of aryl methyl sites for hydroxylation is 1. The number of rotatable bonds is 3. The molecule has 0 atom stereocenters. The van der Waals surface area contributed by atoms with E-state index in [1.807, 2.05) is 13.0 Å². The highest BCUT2D eigenvalue weighted by Crippen LogP contribution is 2.30. The Hall–Kier alpha value is -1.36. The van der Waals surface area contributed by atoms with Crippen molar-refractivity contribution < 1.29 is 8.42 Å². The second-order valence-electron chi connectivity index (χ2n) is 4.29. The summed E-state index contributed by atoms with van der Waals surface area (Å²) in [6.45, 7) is 1.86. The van der Waals surface area contributed by atoms with Crippen LogP contribution in [0.25, 0.3) is 0 Å². The van der Waals surface area contributed by atoms with Gasteiger partial charge in [0, 0.05) is 8.95 Å². The molecular formula is C14H10Br2N2O2S. The van der Waals surface area contributed by atoms with Gasteiger partial charge in [-0.05, 0) is 52.7 Å². The molecule has 0 bridgehead atoms. The Morgan fingerprint density at radius 3 is 2.48 bits per heavy atom. The Labute approximate surface area is 140 Å². The lowest BCUT2D eigenvalue weighted by Gasteiger charge is -2.12.